The van der Waals surface area contributed by atoms with E-state index in [-0.39, 0.29) is 17.0 Å². The molecule has 0 saturated heterocycles. The van der Waals surface area contributed by atoms with E-state index in [4.69, 9.17) is 10.5 Å². The lowest BCUT2D eigenvalue weighted by Gasteiger charge is -2.55. The van der Waals surface area contributed by atoms with Crippen LogP contribution in [0.1, 0.15) is 64.7 Å². The molecule has 3 nitrogen and oxygen atoms in total. The van der Waals surface area contributed by atoms with Crippen LogP contribution in [0.4, 0.5) is 0 Å². The number of carbonyl (C=O) groups excluding carboxylic acids is 1. The molecule has 0 aromatic heterocycles. The first-order valence-corrected chi connectivity index (χ1v) is 10.6. The van der Waals surface area contributed by atoms with Crippen LogP contribution in [0.15, 0.2) is 35.1 Å². The first-order chi connectivity index (χ1) is 12.5. The second-order valence-corrected chi connectivity index (χ2v) is 10.2. The average Bonchev–Trinajstić information content (AvgIpc) is 3.19. The van der Waals surface area contributed by atoms with Crippen molar-refractivity contribution in [3.05, 3.63) is 35.1 Å². The van der Waals surface area contributed by atoms with E-state index >= 15 is 0 Å². The van der Waals surface area contributed by atoms with Gasteiger partial charge in [0.25, 0.3) is 0 Å². The maximum Gasteiger partial charge on any atom is 0.331 e. The summed E-state index contributed by atoms with van der Waals surface area (Å²) in [7, 11) is 0. The van der Waals surface area contributed by atoms with Gasteiger partial charge in [-0.2, -0.15) is 0 Å². The van der Waals surface area contributed by atoms with Crippen molar-refractivity contribution in [1.82, 2.24) is 0 Å². The largest absolute Gasteiger partial charge is 0.451 e. The summed E-state index contributed by atoms with van der Waals surface area (Å²) in [5.74, 6) is 2.07. The third kappa shape index (κ3) is 1.73. The van der Waals surface area contributed by atoms with Gasteiger partial charge in [-0.3, -0.25) is 0 Å². The summed E-state index contributed by atoms with van der Waals surface area (Å²) >= 11 is 0. The van der Waals surface area contributed by atoms with Crippen molar-refractivity contribution in [3.8, 4) is 0 Å². The third-order valence-corrected chi connectivity index (χ3v) is 9.25. The zero-order valence-corrected chi connectivity index (χ0v) is 15.7. The van der Waals surface area contributed by atoms with Crippen LogP contribution in [0, 0.1) is 28.6 Å². The van der Waals surface area contributed by atoms with Crippen LogP contribution < -0.4 is 5.73 Å². The SMILES string of the molecule is C[C@]12CCC3C4=C(C=C(N)CC4)C4(CC4)CC3C1CC[C@@]21C=CC(=O)O1. The Morgan fingerprint density at radius 2 is 2.00 bits per heavy atom. The van der Waals surface area contributed by atoms with E-state index in [1.165, 1.54) is 44.9 Å². The van der Waals surface area contributed by atoms with Gasteiger partial charge in [0.1, 0.15) is 5.60 Å². The average molecular weight is 351 g/mol. The summed E-state index contributed by atoms with van der Waals surface area (Å²) in [6.07, 6.45) is 17.1. The van der Waals surface area contributed by atoms with E-state index in [0.717, 1.165) is 30.4 Å². The Morgan fingerprint density at radius 1 is 1.15 bits per heavy atom. The highest BCUT2D eigenvalue weighted by atomic mass is 16.6. The zero-order valence-electron chi connectivity index (χ0n) is 15.7. The van der Waals surface area contributed by atoms with Gasteiger partial charge in [0.05, 0.1) is 0 Å². The van der Waals surface area contributed by atoms with E-state index in [1.54, 1.807) is 17.2 Å². The van der Waals surface area contributed by atoms with Crippen molar-refractivity contribution in [2.24, 2.45) is 34.3 Å². The van der Waals surface area contributed by atoms with Crippen LogP contribution in [-0.4, -0.2) is 11.6 Å². The lowest BCUT2D eigenvalue weighted by molar-refractivity contribution is -0.160. The lowest BCUT2D eigenvalue weighted by Crippen LogP contribution is -2.52. The van der Waals surface area contributed by atoms with Crippen LogP contribution >= 0.6 is 0 Å². The van der Waals surface area contributed by atoms with Gasteiger partial charge in [0.2, 0.25) is 0 Å². The Balaban J connectivity index is 1.41. The highest BCUT2D eigenvalue weighted by Gasteiger charge is 2.66. The van der Waals surface area contributed by atoms with Gasteiger partial charge in [0, 0.05) is 17.2 Å². The summed E-state index contributed by atoms with van der Waals surface area (Å²) in [6, 6.07) is 0. The normalized spacial score (nSPS) is 47.5. The van der Waals surface area contributed by atoms with Crippen LogP contribution in [0.3, 0.4) is 0 Å². The van der Waals surface area contributed by atoms with E-state index < -0.39 is 0 Å². The highest BCUT2D eigenvalue weighted by Crippen LogP contribution is 2.71. The van der Waals surface area contributed by atoms with Crippen molar-refractivity contribution < 1.29 is 9.53 Å². The van der Waals surface area contributed by atoms with Crippen molar-refractivity contribution >= 4 is 5.97 Å². The predicted molar refractivity (Wildman–Crippen MR) is 99.8 cm³/mol. The van der Waals surface area contributed by atoms with E-state index in [1.807, 2.05) is 0 Å². The molecule has 1 aliphatic heterocycles. The number of fused-ring (bicyclic) bond motifs is 6. The quantitative estimate of drug-likeness (QED) is 0.658. The topological polar surface area (TPSA) is 52.3 Å². The van der Waals surface area contributed by atoms with Crippen molar-refractivity contribution in [2.45, 2.75) is 70.3 Å². The van der Waals surface area contributed by atoms with Crippen LogP contribution in [0.5, 0.6) is 0 Å². The number of rotatable bonds is 0. The Bertz CT molecular complexity index is 801. The van der Waals surface area contributed by atoms with Crippen LogP contribution in [-0.2, 0) is 9.53 Å². The standard InChI is InChI=1S/C23H29NO2/c1-21-7-4-15-16-3-2-14(24)12-19(16)22(10-11-22)13-17(15)18(21)5-8-23(21)9-6-20(25)26-23/h6,9,12,15,17-18H,2-5,7-8,10-11,13,24H2,1H3/t15?,17?,18?,21-,23+/m0/s1. The van der Waals surface area contributed by atoms with E-state index in [0.29, 0.717) is 11.3 Å². The molecule has 2 spiro atoms. The maximum atomic E-state index is 11.9. The van der Waals surface area contributed by atoms with E-state index in [9.17, 15) is 4.79 Å². The number of nitrogens with two attached hydrogens (primary N) is 1. The first kappa shape index (κ1) is 15.5. The molecule has 0 radical (unpaired) electrons. The van der Waals surface area contributed by atoms with Gasteiger partial charge in [-0.25, -0.2) is 4.79 Å². The molecule has 5 atom stereocenters. The number of ether oxygens (including phenoxy) is 1. The highest BCUT2D eigenvalue weighted by molar-refractivity contribution is 5.85. The molecule has 3 fully saturated rings. The molecule has 5 aliphatic carbocycles. The molecule has 138 valence electrons. The number of esters is 1. The summed E-state index contributed by atoms with van der Waals surface area (Å²) in [5.41, 5.74) is 11.0. The van der Waals surface area contributed by atoms with Gasteiger partial charge < -0.3 is 10.5 Å². The molecule has 3 unspecified atom stereocenters. The Hall–Kier alpha value is -1.51. The monoisotopic (exact) mass is 351 g/mol. The molecule has 0 aromatic rings. The van der Waals surface area contributed by atoms with Gasteiger partial charge in [-0.05, 0) is 98.7 Å². The summed E-state index contributed by atoms with van der Waals surface area (Å²) in [6.45, 7) is 2.42. The van der Waals surface area contributed by atoms with Crippen molar-refractivity contribution in [3.63, 3.8) is 0 Å². The molecule has 0 amide bonds. The smallest absolute Gasteiger partial charge is 0.331 e. The molecule has 6 aliphatic rings. The molecular weight excluding hydrogens is 322 g/mol. The second-order valence-electron chi connectivity index (χ2n) is 10.2. The van der Waals surface area contributed by atoms with E-state index in [2.05, 4.69) is 19.1 Å². The fourth-order valence-electron chi connectivity index (χ4n) is 7.76. The minimum Gasteiger partial charge on any atom is -0.451 e. The molecule has 3 heteroatoms. The first-order valence-electron chi connectivity index (χ1n) is 10.6. The minimum absolute atomic E-state index is 0.120. The van der Waals surface area contributed by atoms with Gasteiger partial charge >= 0.3 is 5.97 Å². The fourth-order valence-corrected chi connectivity index (χ4v) is 7.76. The second kappa shape index (κ2) is 4.66. The predicted octanol–water partition coefficient (Wildman–Crippen LogP) is 4.40. The zero-order chi connectivity index (χ0) is 17.7. The number of allylic oxidation sites excluding steroid dienone is 4. The molecule has 0 bridgehead atoms. The van der Waals surface area contributed by atoms with Crippen LogP contribution in [0.2, 0.25) is 0 Å². The van der Waals surface area contributed by atoms with Gasteiger partial charge in [-0.15, -0.1) is 0 Å². The van der Waals surface area contributed by atoms with Crippen molar-refractivity contribution in [1.29, 1.82) is 0 Å². The fraction of sp³-hybridized carbons (Fsp3) is 0.696. The van der Waals surface area contributed by atoms with Crippen LogP contribution in [0.25, 0.3) is 0 Å². The summed E-state index contributed by atoms with van der Waals surface area (Å²) in [4.78, 5) is 11.9. The number of hydrogen-bond donors (Lipinski definition) is 1. The summed E-state index contributed by atoms with van der Waals surface area (Å²) < 4.78 is 5.96. The van der Waals surface area contributed by atoms with Gasteiger partial charge in [-0.1, -0.05) is 12.5 Å². The Labute approximate surface area is 155 Å². The molecule has 26 heavy (non-hydrogen) atoms. The minimum atomic E-state index is -0.317. The third-order valence-electron chi connectivity index (χ3n) is 9.25. The number of hydrogen-bond acceptors (Lipinski definition) is 3. The van der Waals surface area contributed by atoms with Gasteiger partial charge in [0.15, 0.2) is 0 Å². The number of carbonyl (C=O) groups is 1. The van der Waals surface area contributed by atoms with Crippen molar-refractivity contribution in [2.75, 3.05) is 0 Å². The Morgan fingerprint density at radius 3 is 2.73 bits per heavy atom. The molecular formula is C23H29NO2. The molecule has 2 N–H and O–H groups in total. The molecule has 6 rings (SSSR count). The lowest BCUT2D eigenvalue weighted by atomic mass is 9.51. The summed E-state index contributed by atoms with van der Waals surface area (Å²) in [5, 5.41) is 0. The molecule has 3 saturated carbocycles. The maximum absolute atomic E-state index is 11.9. The Kier molecular flexibility index (Phi) is 2.79. The molecule has 1 heterocycles. The molecule has 0 aromatic carbocycles.